The molecule has 1 aliphatic heterocycles. The highest BCUT2D eigenvalue weighted by Crippen LogP contribution is 2.30. The molecule has 0 amide bonds. The first kappa shape index (κ1) is 12.0. The molecule has 1 aliphatic rings. The zero-order valence-electron chi connectivity index (χ0n) is 8.80. The second-order valence-electron chi connectivity index (χ2n) is 3.81. The van der Waals surface area contributed by atoms with Crippen molar-refractivity contribution in [2.75, 3.05) is 0 Å². The minimum atomic E-state index is -2.55. The Morgan fingerprint density at radius 3 is 2.53 bits per heavy atom. The predicted octanol–water partition coefficient (Wildman–Crippen LogP) is 3.75. The van der Waals surface area contributed by atoms with Gasteiger partial charge in [0.25, 0.3) is 6.43 Å². The Labute approximate surface area is 95.7 Å². The molecule has 0 spiro atoms. The maximum atomic E-state index is 13.4. The van der Waals surface area contributed by atoms with Crippen LogP contribution in [0.2, 0.25) is 0 Å². The number of benzene rings is 1. The van der Waals surface area contributed by atoms with E-state index in [9.17, 15) is 17.6 Å². The van der Waals surface area contributed by atoms with Crippen molar-refractivity contribution < 1.29 is 22.3 Å². The van der Waals surface area contributed by atoms with Gasteiger partial charge in [-0.3, -0.25) is 0 Å². The molecule has 1 atom stereocenters. The second kappa shape index (κ2) is 4.77. The summed E-state index contributed by atoms with van der Waals surface area (Å²) < 4.78 is 55.5. The second-order valence-corrected chi connectivity index (χ2v) is 3.81. The zero-order chi connectivity index (χ0) is 12.4. The summed E-state index contributed by atoms with van der Waals surface area (Å²) in [4.78, 5) is 0. The third kappa shape index (κ3) is 2.60. The van der Waals surface area contributed by atoms with Crippen LogP contribution in [0.4, 0.5) is 17.6 Å². The predicted molar refractivity (Wildman–Crippen MR) is 54.4 cm³/mol. The molecule has 0 aliphatic carbocycles. The molecule has 0 aromatic heterocycles. The third-order valence-electron chi connectivity index (χ3n) is 2.64. The highest BCUT2D eigenvalue weighted by Gasteiger charge is 2.25. The third-order valence-corrected chi connectivity index (χ3v) is 2.64. The normalized spacial score (nSPS) is 20.1. The van der Waals surface area contributed by atoms with Gasteiger partial charge in [-0.25, -0.2) is 17.6 Å². The van der Waals surface area contributed by atoms with Crippen LogP contribution in [0.25, 0.3) is 5.57 Å². The van der Waals surface area contributed by atoms with Gasteiger partial charge in [0.05, 0.1) is 6.26 Å². The van der Waals surface area contributed by atoms with Crippen molar-refractivity contribution in [2.24, 2.45) is 0 Å². The Kier molecular flexibility index (Phi) is 3.36. The molecule has 1 unspecified atom stereocenters. The molecule has 0 saturated heterocycles. The molecular weight excluding hydrogens is 236 g/mol. The van der Waals surface area contributed by atoms with Crippen LogP contribution < -0.4 is 0 Å². The topological polar surface area (TPSA) is 9.23 Å². The fourth-order valence-corrected chi connectivity index (χ4v) is 1.73. The van der Waals surface area contributed by atoms with E-state index >= 15 is 0 Å². The number of ether oxygens (including phenoxy) is 1. The highest BCUT2D eigenvalue weighted by molar-refractivity contribution is 5.65. The number of rotatable bonds is 2. The van der Waals surface area contributed by atoms with Crippen molar-refractivity contribution in [3.63, 3.8) is 0 Å². The van der Waals surface area contributed by atoms with Gasteiger partial charge in [-0.1, -0.05) is 0 Å². The van der Waals surface area contributed by atoms with E-state index in [0.717, 1.165) is 18.4 Å². The van der Waals surface area contributed by atoms with Crippen LogP contribution in [0.15, 0.2) is 24.5 Å². The van der Waals surface area contributed by atoms with Crippen molar-refractivity contribution in [3.8, 4) is 0 Å². The molecule has 1 aromatic carbocycles. The summed E-state index contributed by atoms with van der Waals surface area (Å²) in [6, 6.07) is 3.16. The average molecular weight is 246 g/mol. The van der Waals surface area contributed by atoms with E-state index in [1.165, 1.54) is 6.07 Å². The SMILES string of the molecule is Fc1ccc(C2=COC(C(F)F)CC2)c(F)c1. The fraction of sp³-hybridized carbons (Fsp3) is 0.333. The van der Waals surface area contributed by atoms with Gasteiger partial charge in [0.1, 0.15) is 11.6 Å². The molecule has 0 radical (unpaired) electrons. The summed E-state index contributed by atoms with van der Waals surface area (Å²) in [6.07, 6.45) is -2.14. The number of hydrogen-bond donors (Lipinski definition) is 0. The van der Waals surface area contributed by atoms with Gasteiger partial charge in [-0.05, 0) is 30.5 Å². The van der Waals surface area contributed by atoms with Crippen molar-refractivity contribution in [2.45, 2.75) is 25.4 Å². The molecule has 0 fully saturated rings. The summed E-state index contributed by atoms with van der Waals surface area (Å²) in [5, 5.41) is 0. The maximum Gasteiger partial charge on any atom is 0.274 e. The average Bonchev–Trinajstić information content (AvgIpc) is 2.29. The number of halogens is 4. The molecule has 1 aromatic rings. The largest absolute Gasteiger partial charge is 0.492 e. The quantitative estimate of drug-likeness (QED) is 0.722. The summed E-state index contributed by atoms with van der Waals surface area (Å²) >= 11 is 0. The molecule has 1 heterocycles. The minimum absolute atomic E-state index is 0.125. The lowest BCUT2D eigenvalue weighted by Gasteiger charge is -2.22. The van der Waals surface area contributed by atoms with Crippen LogP contribution in [0.3, 0.4) is 0 Å². The molecule has 2 rings (SSSR count). The monoisotopic (exact) mass is 246 g/mol. The van der Waals surface area contributed by atoms with Crippen LogP contribution >= 0.6 is 0 Å². The van der Waals surface area contributed by atoms with Gasteiger partial charge >= 0.3 is 0 Å². The van der Waals surface area contributed by atoms with Crippen molar-refractivity contribution >= 4 is 5.57 Å². The lowest BCUT2D eigenvalue weighted by atomic mass is 9.98. The van der Waals surface area contributed by atoms with E-state index in [-0.39, 0.29) is 18.4 Å². The van der Waals surface area contributed by atoms with E-state index in [0.29, 0.717) is 5.57 Å². The summed E-state index contributed by atoms with van der Waals surface area (Å²) in [7, 11) is 0. The summed E-state index contributed by atoms with van der Waals surface area (Å²) in [5.41, 5.74) is 0.665. The van der Waals surface area contributed by atoms with Crippen molar-refractivity contribution in [1.82, 2.24) is 0 Å². The van der Waals surface area contributed by atoms with Crippen LogP contribution in [0.5, 0.6) is 0 Å². The summed E-state index contributed by atoms with van der Waals surface area (Å²) in [6.45, 7) is 0. The highest BCUT2D eigenvalue weighted by atomic mass is 19.3. The Morgan fingerprint density at radius 2 is 2.00 bits per heavy atom. The van der Waals surface area contributed by atoms with E-state index in [1.807, 2.05) is 0 Å². The van der Waals surface area contributed by atoms with Crippen molar-refractivity contribution in [1.29, 1.82) is 0 Å². The van der Waals surface area contributed by atoms with Gasteiger partial charge < -0.3 is 4.74 Å². The first-order valence-corrected chi connectivity index (χ1v) is 5.16. The van der Waals surface area contributed by atoms with E-state index in [1.54, 1.807) is 0 Å². The van der Waals surface area contributed by atoms with Gasteiger partial charge in [0.2, 0.25) is 0 Å². The number of allylic oxidation sites excluding steroid dienone is 1. The molecule has 0 N–H and O–H groups in total. The molecule has 0 saturated carbocycles. The van der Waals surface area contributed by atoms with Gasteiger partial charge in [-0.15, -0.1) is 0 Å². The Morgan fingerprint density at radius 1 is 1.24 bits per heavy atom. The fourth-order valence-electron chi connectivity index (χ4n) is 1.73. The smallest absolute Gasteiger partial charge is 0.274 e. The van der Waals surface area contributed by atoms with Gasteiger partial charge in [-0.2, -0.15) is 0 Å². The van der Waals surface area contributed by atoms with E-state index in [4.69, 9.17) is 4.74 Å². The molecular formula is C12H10F4O. The zero-order valence-corrected chi connectivity index (χ0v) is 8.80. The molecule has 92 valence electrons. The lowest BCUT2D eigenvalue weighted by Crippen LogP contribution is -2.22. The van der Waals surface area contributed by atoms with Crippen molar-refractivity contribution in [3.05, 3.63) is 41.7 Å². The van der Waals surface area contributed by atoms with Crippen LogP contribution in [0.1, 0.15) is 18.4 Å². The standard InChI is InChI=1S/C12H10F4O/c13-8-2-3-9(10(14)5-8)7-1-4-11(12(15)16)17-6-7/h2-3,5-6,11-12H,1,4H2. The Bertz CT molecular complexity index is 442. The lowest BCUT2D eigenvalue weighted by molar-refractivity contribution is -0.0215. The first-order valence-electron chi connectivity index (χ1n) is 5.16. The summed E-state index contributed by atoms with van der Waals surface area (Å²) in [5.74, 6) is -1.38. The van der Waals surface area contributed by atoms with E-state index in [2.05, 4.69) is 0 Å². The Balaban J connectivity index is 2.19. The number of hydrogen-bond acceptors (Lipinski definition) is 1. The first-order chi connectivity index (χ1) is 8.08. The maximum absolute atomic E-state index is 13.4. The molecule has 1 nitrogen and oxygen atoms in total. The molecule has 17 heavy (non-hydrogen) atoms. The van der Waals surface area contributed by atoms with Gasteiger partial charge in [0, 0.05) is 11.6 Å². The van der Waals surface area contributed by atoms with Gasteiger partial charge in [0.15, 0.2) is 6.10 Å². The molecule has 5 heteroatoms. The Hall–Kier alpha value is -1.52. The van der Waals surface area contributed by atoms with E-state index < -0.39 is 24.2 Å². The minimum Gasteiger partial charge on any atom is -0.492 e. The van der Waals surface area contributed by atoms with Crippen LogP contribution in [-0.4, -0.2) is 12.5 Å². The number of alkyl halides is 2. The van der Waals surface area contributed by atoms with Crippen LogP contribution in [-0.2, 0) is 4.74 Å². The van der Waals surface area contributed by atoms with Crippen LogP contribution in [0, 0.1) is 11.6 Å². The molecule has 0 bridgehead atoms.